The summed E-state index contributed by atoms with van der Waals surface area (Å²) >= 11 is 0. The second-order valence-corrected chi connectivity index (χ2v) is 11.1. The zero-order valence-corrected chi connectivity index (χ0v) is 17.3. The van der Waals surface area contributed by atoms with Gasteiger partial charge >= 0.3 is 0 Å². The van der Waals surface area contributed by atoms with Crippen LogP contribution in [0.15, 0.2) is 53.4 Å². The molecule has 0 saturated carbocycles. The standard InChI is InChI=1S/C19H22N2O5S2/c1-20(2)28(25,26)17-8-5-6-15(12-17)13-27(23,24)14-19(22)21-11-10-16-7-3-4-9-18(16)21/h3-9,12H,10-11,13-14H2,1-2H3. The van der Waals surface area contributed by atoms with E-state index < -0.39 is 37.3 Å². The lowest BCUT2D eigenvalue weighted by atomic mass is 10.2. The number of benzene rings is 2. The normalized spacial score (nSPS) is 14.3. The van der Waals surface area contributed by atoms with E-state index in [2.05, 4.69) is 0 Å². The number of sulfonamides is 1. The molecule has 0 spiro atoms. The lowest BCUT2D eigenvalue weighted by Gasteiger charge is -2.17. The number of nitrogens with zero attached hydrogens (tertiary/aromatic N) is 2. The second-order valence-electron chi connectivity index (χ2n) is 6.89. The number of carbonyl (C=O) groups excluding carboxylic acids is 1. The molecule has 2 aromatic rings. The number of carbonyl (C=O) groups is 1. The molecule has 0 aliphatic carbocycles. The number of rotatable bonds is 6. The van der Waals surface area contributed by atoms with E-state index in [1.807, 2.05) is 24.3 Å². The maximum absolute atomic E-state index is 12.6. The molecule has 0 atom stereocenters. The van der Waals surface area contributed by atoms with Gasteiger partial charge in [0.25, 0.3) is 0 Å². The highest BCUT2D eigenvalue weighted by molar-refractivity contribution is 7.91. The van der Waals surface area contributed by atoms with Gasteiger partial charge in [0.1, 0.15) is 5.75 Å². The first-order chi connectivity index (χ1) is 13.1. The van der Waals surface area contributed by atoms with Crippen molar-refractivity contribution in [2.45, 2.75) is 17.1 Å². The summed E-state index contributed by atoms with van der Waals surface area (Å²) in [5.41, 5.74) is 2.11. The summed E-state index contributed by atoms with van der Waals surface area (Å²) in [6, 6.07) is 13.2. The number of anilines is 1. The van der Waals surface area contributed by atoms with E-state index in [0.29, 0.717) is 18.5 Å². The van der Waals surface area contributed by atoms with Gasteiger partial charge in [-0.2, -0.15) is 0 Å². The molecule has 3 rings (SSSR count). The van der Waals surface area contributed by atoms with Gasteiger partial charge in [-0.1, -0.05) is 30.3 Å². The molecule has 150 valence electrons. The molecule has 0 unspecified atom stereocenters. The Morgan fingerprint density at radius 1 is 1.04 bits per heavy atom. The van der Waals surface area contributed by atoms with Crippen LogP contribution >= 0.6 is 0 Å². The molecular weight excluding hydrogens is 400 g/mol. The van der Waals surface area contributed by atoms with Gasteiger partial charge in [-0.05, 0) is 35.7 Å². The summed E-state index contributed by atoms with van der Waals surface area (Å²) in [5.74, 6) is -1.49. The average Bonchev–Trinajstić information content (AvgIpc) is 3.05. The van der Waals surface area contributed by atoms with Gasteiger partial charge in [0.15, 0.2) is 9.84 Å². The average molecular weight is 423 g/mol. The summed E-state index contributed by atoms with van der Waals surface area (Å²) in [6.45, 7) is 0.463. The van der Waals surface area contributed by atoms with Crippen LogP contribution in [0.25, 0.3) is 0 Å². The third kappa shape index (κ3) is 4.26. The van der Waals surface area contributed by atoms with E-state index in [1.54, 1.807) is 6.07 Å². The second kappa shape index (κ2) is 7.65. The molecule has 0 saturated heterocycles. The highest BCUT2D eigenvalue weighted by Gasteiger charge is 2.28. The minimum Gasteiger partial charge on any atom is -0.311 e. The molecule has 0 aromatic heterocycles. The van der Waals surface area contributed by atoms with Crippen LogP contribution in [0.3, 0.4) is 0 Å². The number of amides is 1. The van der Waals surface area contributed by atoms with Crippen molar-refractivity contribution in [3.63, 3.8) is 0 Å². The highest BCUT2D eigenvalue weighted by atomic mass is 32.2. The van der Waals surface area contributed by atoms with Gasteiger partial charge in [0.05, 0.1) is 10.6 Å². The van der Waals surface area contributed by atoms with Gasteiger partial charge in [-0.3, -0.25) is 4.79 Å². The molecule has 0 radical (unpaired) electrons. The van der Waals surface area contributed by atoms with Crippen molar-refractivity contribution in [2.75, 3.05) is 31.3 Å². The summed E-state index contributed by atoms with van der Waals surface area (Å²) in [4.78, 5) is 14.1. The van der Waals surface area contributed by atoms with Crippen LogP contribution in [0.2, 0.25) is 0 Å². The molecular formula is C19H22N2O5S2. The van der Waals surface area contributed by atoms with E-state index in [4.69, 9.17) is 0 Å². The van der Waals surface area contributed by atoms with Crippen molar-refractivity contribution in [1.82, 2.24) is 4.31 Å². The van der Waals surface area contributed by atoms with Gasteiger partial charge in [-0.25, -0.2) is 21.1 Å². The van der Waals surface area contributed by atoms with Crippen molar-refractivity contribution in [3.05, 3.63) is 59.7 Å². The maximum atomic E-state index is 12.6. The van der Waals surface area contributed by atoms with E-state index in [0.717, 1.165) is 15.6 Å². The Balaban J connectivity index is 1.76. The van der Waals surface area contributed by atoms with Crippen molar-refractivity contribution in [2.24, 2.45) is 0 Å². The minimum absolute atomic E-state index is 0.0185. The molecule has 7 nitrogen and oxygen atoms in total. The molecule has 9 heteroatoms. The van der Waals surface area contributed by atoms with Crippen LogP contribution in [0.5, 0.6) is 0 Å². The van der Waals surface area contributed by atoms with Crippen LogP contribution in [-0.4, -0.2) is 53.4 Å². The Labute approximate surface area is 165 Å². The van der Waals surface area contributed by atoms with Crippen molar-refractivity contribution < 1.29 is 21.6 Å². The molecule has 2 aromatic carbocycles. The third-order valence-corrected chi connectivity index (χ3v) is 7.87. The topological polar surface area (TPSA) is 91.8 Å². The Bertz CT molecular complexity index is 1110. The largest absolute Gasteiger partial charge is 0.311 e. The molecule has 1 amide bonds. The zero-order chi connectivity index (χ0) is 20.5. The summed E-state index contributed by atoms with van der Waals surface area (Å²) < 4.78 is 50.7. The lowest BCUT2D eigenvalue weighted by Crippen LogP contribution is -2.34. The number of fused-ring (bicyclic) bond motifs is 1. The summed E-state index contributed by atoms with van der Waals surface area (Å²) in [5, 5.41) is 0. The van der Waals surface area contributed by atoms with Crippen LogP contribution in [0.4, 0.5) is 5.69 Å². The fraction of sp³-hybridized carbons (Fsp3) is 0.316. The van der Waals surface area contributed by atoms with Gasteiger partial charge < -0.3 is 4.90 Å². The lowest BCUT2D eigenvalue weighted by molar-refractivity contribution is -0.116. The quantitative estimate of drug-likeness (QED) is 0.702. The third-order valence-electron chi connectivity index (χ3n) is 4.60. The predicted octanol–water partition coefficient (Wildman–Crippen LogP) is 1.44. The first-order valence-electron chi connectivity index (χ1n) is 8.70. The predicted molar refractivity (Wildman–Crippen MR) is 107 cm³/mol. The highest BCUT2D eigenvalue weighted by Crippen LogP contribution is 2.27. The van der Waals surface area contributed by atoms with E-state index in [9.17, 15) is 21.6 Å². The number of hydrogen-bond acceptors (Lipinski definition) is 5. The van der Waals surface area contributed by atoms with Crippen molar-refractivity contribution in [3.8, 4) is 0 Å². The maximum Gasteiger partial charge on any atom is 0.242 e. The van der Waals surface area contributed by atoms with Crippen molar-refractivity contribution in [1.29, 1.82) is 0 Å². The van der Waals surface area contributed by atoms with Crippen LogP contribution in [-0.2, 0) is 36.8 Å². The Morgan fingerprint density at radius 3 is 2.46 bits per heavy atom. The molecule has 0 bridgehead atoms. The van der Waals surface area contributed by atoms with E-state index >= 15 is 0 Å². The smallest absolute Gasteiger partial charge is 0.242 e. The first kappa shape index (κ1) is 20.5. The monoisotopic (exact) mass is 422 g/mol. The number of hydrogen-bond donors (Lipinski definition) is 0. The molecule has 1 heterocycles. The molecule has 0 N–H and O–H groups in total. The Morgan fingerprint density at radius 2 is 1.75 bits per heavy atom. The molecule has 1 aliphatic heterocycles. The van der Waals surface area contributed by atoms with Crippen LogP contribution in [0, 0.1) is 0 Å². The Kier molecular flexibility index (Phi) is 5.60. The number of para-hydroxylation sites is 1. The fourth-order valence-corrected chi connectivity index (χ4v) is 5.47. The van der Waals surface area contributed by atoms with E-state index in [1.165, 1.54) is 37.2 Å². The van der Waals surface area contributed by atoms with Gasteiger partial charge in [0.2, 0.25) is 15.9 Å². The zero-order valence-electron chi connectivity index (χ0n) is 15.7. The Hall–Kier alpha value is -2.23. The minimum atomic E-state index is -3.76. The molecule has 1 aliphatic rings. The van der Waals surface area contributed by atoms with Crippen LogP contribution < -0.4 is 4.90 Å². The number of sulfone groups is 1. The van der Waals surface area contributed by atoms with Gasteiger partial charge in [-0.15, -0.1) is 0 Å². The molecule has 0 fully saturated rings. The van der Waals surface area contributed by atoms with Gasteiger partial charge in [0, 0.05) is 26.3 Å². The molecule has 28 heavy (non-hydrogen) atoms. The van der Waals surface area contributed by atoms with Crippen LogP contribution in [0.1, 0.15) is 11.1 Å². The first-order valence-corrected chi connectivity index (χ1v) is 12.0. The van der Waals surface area contributed by atoms with E-state index in [-0.39, 0.29) is 4.90 Å². The fourth-order valence-electron chi connectivity index (χ4n) is 3.17. The summed E-state index contributed by atoms with van der Waals surface area (Å²) in [6.07, 6.45) is 0.701. The summed E-state index contributed by atoms with van der Waals surface area (Å²) in [7, 11) is -4.60. The van der Waals surface area contributed by atoms with Crippen molar-refractivity contribution >= 4 is 31.5 Å². The SMILES string of the molecule is CN(C)S(=O)(=O)c1cccc(CS(=O)(=O)CC(=O)N2CCc3ccccc32)c1.